The van der Waals surface area contributed by atoms with Crippen molar-refractivity contribution in [3.63, 3.8) is 0 Å². The lowest BCUT2D eigenvalue weighted by Gasteiger charge is -2.29. The molecule has 1 saturated heterocycles. The average molecular weight is 528 g/mol. The van der Waals surface area contributed by atoms with Gasteiger partial charge in [0, 0.05) is 41.6 Å². The Morgan fingerprint density at radius 3 is 2.71 bits per heavy atom. The number of aromatic nitrogens is 5. The summed E-state index contributed by atoms with van der Waals surface area (Å²) >= 11 is 0. The molecule has 2 atom stereocenters. The normalized spacial score (nSPS) is 19.9. The number of alkyl halides is 2. The van der Waals surface area contributed by atoms with Gasteiger partial charge in [-0.1, -0.05) is 0 Å². The van der Waals surface area contributed by atoms with Gasteiger partial charge < -0.3 is 9.47 Å². The highest BCUT2D eigenvalue weighted by Gasteiger charge is 2.30. The molecule has 2 aliphatic rings. The van der Waals surface area contributed by atoms with E-state index in [2.05, 4.69) is 19.8 Å². The first-order valence-electron chi connectivity index (χ1n) is 12.5. The summed E-state index contributed by atoms with van der Waals surface area (Å²) in [6.45, 7) is -1.27. The SMILES string of the molecule is Cc1nc2cc([C@H]3CCO[C@H](c4cnn(C5CC5)c4)C3)nc(-c3ccc(F)cc3F)c2nc1COC(F)F. The minimum atomic E-state index is -2.97. The third-order valence-corrected chi connectivity index (χ3v) is 7.09. The van der Waals surface area contributed by atoms with Crippen LogP contribution in [0.15, 0.2) is 36.7 Å². The molecule has 0 spiro atoms. The summed E-state index contributed by atoms with van der Waals surface area (Å²) in [6, 6.07) is 5.49. The maximum Gasteiger partial charge on any atom is 0.345 e. The minimum absolute atomic E-state index is 0.0198. The lowest BCUT2D eigenvalue weighted by Crippen LogP contribution is -2.19. The number of fused-ring (bicyclic) bond motifs is 1. The summed E-state index contributed by atoms with van der Waals surface area (Å²) in [5.41, 5.74) is 3.18. The van der Waals surface area contributed by atoms with E-state index in [9.17, 15) is 17.6 Å². The van der Waals surface area contributed by atoms with Crippen molar-refractivity contribution in [3.8, 4) is 11.3 Å². The van der Waals surface area contributed by atoms with E-state index in [-0.39, 0.29) is 34.5 Å². The van der Waals surface area contributed by atoms with Crippen LogP contribution in [-0.2, 0) is 16.1 Å². The summed E-state index contributed by atoms with van der Waals surface area (Å²) in [6.07, 6.45) is 7.33. The standard InChI is InChI=1S/C27H25F4N5O2/c1-14-23(13-38-27(30)31)35-26-22(33-14)10-21(34-25(26)19-5-2-17(28)9-20(19)29)15-6-7-37-24(8-15)16-11-32-36(12-16)18-3-4-18/h2,5,9-12,15,18,24,27H,3-4,6-8,13H2,1H3/t15-,24-/m0/s1. The molecule has 2 fully saturated rings. The second kappa shape index (κ2) is 10.0. The third kappa shape index (κ3) is 5.00. The van der Waals surface area contributed by atoms with Crippen molar-refractivity contribution < 1.29 is 27.0 Å². The zero-order valence-corrected chi connectivity index (χ0v) is 20.6. The van der Waals surface area contributed by atoms with Gasteiger partial charge in [-0.15, -0.1) is 0 Å². The molecule has 1 aliphatic heterocycles. The number of ether oxygens (including phenoxy) is 2. The van der Waals surface area contributed by atoms with Gasteiger partial charge in [0.25, 0.3) is 0 Å². The molecule has 11 heteroatoms. The molecular formula is C27H25F4N5O2. The maximum atomic E-state index is 14.9. The largest absolute Gasteiger partial charge is 0.373 e. The van der Waals surface area contributed by atoms with E-state index in [0.717, 1.165) is 30.5 Å². The van der Waals surface area contributed by atoms with Gasteiger partial charge in [0.15, 0.2) is 0 Å². The van der Waals surface area contributed by atoms with Gasteiger partial charge in [0.05, 0.1) is 41.9 Å². The van der Waals surface area contributed by atoms with Gasteiger partial charge in [-0.2, -0.15) is 13.9 Å². The van der Waals surface area contributed by atoms with E-state index in [1.807, 2.05) is 17.1 Å². The number of hydrogen-bond acceptors (Lipinski definition) is 6. The van der Waals surface area contributed by atoms with E-state index < -0.39 is 24.9 Å². The van der Waals surface area contributed by atoms with E-state index in [1.165, 1.54) is 6.07 Å². The molecule has 1 saturated carbocycles. The molecule has 38 heavy (non-hydrogen) atoms. The van der Waals surface area contributed by atoms with Crippen LogP contribution in [0.1, 0.15) is 66.4 Å². The number of aryl methyl sites for hydroxylation is 1. The number of nitrogens with zero attached hydrogens (tertiary/aromatic N) is 5. The molecule has 0 radical (unpaired) electrons. The lowest BCUT2D eigenvalue weighted by molar-refractivity contribution is -0.138. The van der Waals surface area contributed by atoms with Crippen molar-refractivity contribution in [2.45, 2.75) is 63.9 Å². The molecule has 0 amide bonds. The van der Waals surface area contributed by atoms with E-state index in [0.29, 0.717) is 42.4 Å². The Balaban J connectivity index is 1.40. The molecule has 0 unspecified atom stereocenters. The van der Waals surface area contributed by atoms with Crippen molar-refractivity contribution in [2.75, 3.05) is 6.61 Å². The molecule has 3 aromatic heterocycles. The predicted molar refractivity (Wildman–Crippen MR) is 129 cm³/mol. The first-order valence-corrected chi connectivity index (χ1v) is 12.5. The molecule has 6 rings (SSSR count). The van der Waals surface area contributed by atoms with E-state index in [1.54, 1.807) is 13.0 Å². The first kappa shape index (κ1) is 24.9. The van der Waals surface area contributed by atoms with Crippen LogP contribution in [-0.4, -0.2) is 38.0 Å². The van der Waals surface area contributed by atoms with Crippen molar-refractivity contribution >= 4 is 11.0 Å². The Bertz CT molecular complexity index is 1490. The number of halogens is 4. The van der Waals surface area contributed by atoms with Crippen LogP contribution < -0.4 is 0 Å². The zero-order chi connectivity index (χ0) is 26.4. The Kier molecular flexibility index (Phi) is 6.56. The molecule has 198 valence electrons. The third-order valence-electron chi connectivity index (χ3n) is 7.09. The molecule has 4 heterocycles. The van der Waals surface area contributed by atoms with Gasteiger partial charge in [0.2, 0.25) is 0 Å². The highest BCUT2D eigenvalue weighted by molar-refractivity contribution is 5.89. The van der Waals surface area contributed by atoms with E-state index in [4.69, 9.17) is 9.72 Å². The topological polar surface area (TPSA) is 75.0 Å². The summed E-state index contributed by atoms with van der Waals surface area (Å²) in [5.74, 6) is -1.55. The van der Waals surface area contributed by atoms with Gasteiger partial charge in [-0.05, 0) is 50.8 Å². The smallest absolute Gasteiger partial charge is 0.345 e. The first-order chi connectivity index (χ1) is 18.4. The van der Waals surface area contributed by atoms with Crippen LogP contribution in [0.2, 0.25) is 0 Å². The predicted octanol–water partition coefficient (Wildman–Crippen LogP) is 6.18. The van der Waals surface area contributed by atoms with Gasteiger partial charge >= 0.3 is 6.61 Å². The van der Waals surface area contributed by atoms with Crippen molar-refractivity contribution in [1.29, 1.82) is 0 Å². The van der Waals surface area contributed by atoms with Crippen LogP contribution in [0.25, 0.3) is 22.3 Å². The summed E-state index contributed by atoms with van der Waals surface area (Å²) in [5, 5.41) is 4.48. The second-order valence-electron chi connectivity index (χ2n) is 9.78. The van der Waals surface area contributed by atoms with Crippen LogP contribution in [0.4, 0.5) is 17.6 Å². The number of rotatable bonds is 7. The lowest BCUT2D eigenvalue weighted by atomic mass is 9.89. The van der Waals surface area contributed by atoms with E-state index >= 15 is 0 Å². The number of benzene rings is 1. The molecule has 0 bridgehead atoms. The Morgan fingerprint density at radius 2 is 1.95 bits per heavy atom. The Morgan fingerprint density at radius 1 is 1.11 bits per heavy atom. The summed E-state index contributed by atoms with van der Waals surface area (Å²) in [7, 11) is 0. The quantitative estimate of drug-likeness (QED) is 0.267. The number of pyridine rings is 1. The van der Waals surface area contributed by atoms with Crippen LogP contribution in [0, 0.1) is 18.6 Å². The number of hydrogen-bond donors (Lipinski definition) is 0. The molecule has 1 aromatic carbocycles. The van der Waals surface area contributed by atoms with Crippen LogP contribution in [0.3, 0.4) is 0 Å². The summed E-state index contributed by atoms with van der Waals surface area (Å²) < 4.78 is 66.5. The van der Waals surface area contributed by atoms with Crippen LogP contribution in [0.5, 0.6) is 0 Å². The van der Waals surface area contributed by atoms with Crippen molar-refractivity contribution in [1.82, 2.24) is 24.7 Å². The molecule has 7 nitrogen and oxygen atoms in total. The van der Waals surface area contributed by atoms with Crippen molar-refractivity contribution in [2.24, 2.45) is 0 Å². The van der Waals surface area contributed by atoms with Gasteiger partial charge in [-0.25, -0.2) is 23.7 Å². The minimum Gasteiger partial charge on any atom is -0.373 e. The Labute approximate surface area is 215 Å². The Hall–Kier alpha value is -3.44. The summed E-state index contributed by atoms with van der Waals surface area (Å²) in [4.78, 5) is 13.9. The molecule has 4 aromatic rings. The van der Waals surface area contributed by atoms with Crippen molar-refractivity contribution in [3.05, 3.63) is 70.9 Å². The van der Waals surface area contributed by atoms with Crippen LogP contribution >= 0.6 is 0 Å². The fourth-order valence-electron chi connectivity index (χ4n) is 4.91. The fraction of sp³-hybridized carbons (Fsp3) is 0.407. The second-order valence-corrected chi connectivity index (χ2v) is 9.78. The highest BCUT2D eigenvalue weighted by atomic mass is 19.3. The highest BCUT2D eigenvalue weighted by Crippen LogP contribution is 2.40. The molecule has 1 aliphatic carbocycles. The van der Waals surface area contributed by atoms with Gasteiger partial charge in [0.1, 0.15) is 22.8 Å². The molecular weight excluding hydrogens is 502 g/mol. The average Bonchev–Trinajstić information content (AvgIpc) is 3.63. The molecule has 0 N–H and O–H groups in total. The maximum absolute atomic E-state index is 14.9. The fourth-order valence-corrected chi connectivity index (χ4v) is 4.91. The van der Waals surface area contributed by atoms with Gasteiger partial charge in [-0.3, -0.25) is 4.68 Å². The monoisotopic (exact) mass is 527 g/mol. The zero-order valence-electron chi connectivity index (χ0n) is 20.6.